The molecule has 1 saturated heterocycles. The Bertz CT molecular complexity index is 69.7. The van der Waals surface area contributed by atoms with Crippen LogP contribution < -0.4 is 0 Å². The van der Waals surface area contributed by atoms with Crippen LogP contribution in [-0.4, -0.2) is 25.3 Å². The standard InChI is InChI=1S/C7H14O2.CH3Br/c1-2-8-7-5-3-4-6-9-7;1-2/h7H,2-6H2,1H3;1H3. The summed E-state index contributed by atoms with van der Waals surface area (Å²) in [7, 11) is 0. The average Bonchev–Trinajstić information content (AvgIpc) is 2.11. The summed E-state index contributed by atoms with van der Waals surface area (Å²) < 4.78 is 10.6. The van der Waals surface area contributed by atoms with Crippen molar-refractivity contribution >= 4 is 15.9 Å². The third-order valence-corrected chi connectivity index (χ3v) is 1.49. The van der Waals surface area contributed by atoms with Crippen molar-refractivity contribution in [3.63, 3.8) is 0 Å². The lowest BCUT2D eigenvalue weighted by Crippen LogP contribution is -2.21. The minimum Gasteiger partial charge on any atom is -0.353 e. The Morgan fingerprint density at radius 2 is 2.18 bits per heavy atom. The fourth-order valence-corrected chi connectivity index (χ4v) is 1.03. The molecule has 3 heteroatoms. The van der Waals surface area contributed by atoms with Gasteiger partial charge in [0.2, 0.25) is 0 Å². The van der Waals surface area contributed by atoms with Crippen molar-refractivity contribution in [1.82, 2.24) is 0 Å². The summed E-state index contributed by atoms with van der Waals surface area (Å²) in [5.41, 5.74) is 0. The van der Waals surface area contributed by atoms with E-state index in [0.29, 0.717) is 0 Å². The van der Waals surface area contributed by atoms with E-state index in [2.05, 4.69) is 15.9 Å². The van der Waals surface area contributed by atoms with E-state index in [-0.39, 0.29) is 6.29 Å². The highest BCUT2D eigenvalue weighted by Gasteiger charge is 2.11. The maximum absolute atomic E-state index is 5.30. The molecule has 1 fully saturated rings. The van der Waals surface area contributed by atoms with Gasteiger partial charge in [0.1, 0.15) is 0 Å². The third-order valence-electron chi connectivity index (χ3n) is 1.49. The Kier molecular flexibility index (Phi) is 8.81. The van der Waals surface area contributed by atoms with Crippen molar-refractivity contribution in [3.8, 4) is 0 Å². The number of ether oxygens (including phenoxy) is 2. The topological polar surface area (TPSA) is 18.5 Å². The highest BCUT2D eigenvalue weighted by molar-refractivity contribution is 9.08. The van der Waals surface area contributed by atoms with Gasteiger partial charge in [-0.05, 0) is 32.0 Å². The molecule has 0 bridgehead atoms. The highest BCUT2D eigenvalue weighted by atomic mass is 79.9. The second-order valence-electron chi connectivity index (χ2n) is 2.25. The van der Waals surface area contributed by atoms with Crippen molar-refractivity contribution in [2.24, 2.45) is 0 Å². The molecule has 0 aromatic heterocycles. The van der Waals surface area contributed by atoms with Gasteiger partial charge >= 0.3 is 0 Å². The van der Waals surface area contributed by atoms with E-state index in [1.807, 2.05) is 12.8 Å². The second-order valence-corrected chi connectivity index (χ2v) is 2.25. The summed E-state index contributed by atoms with van der Waals surface area (Å²) in [6.07, 6.45) is 3.63. The van der Waals surface area contributed by atoms with Gasteiger partial charge in [-0.2, -0.15) is 0 Å². The quantitative estimate of drug-likeness (QED) is 0.672. The molecule has 0 aliphatic carbocycles. The van der Waals surface area contributed by atoms with Crippen molar-refractivity contribution in [3.05, 3.63) is 0 Å². The minimum absolute atomic E-state index is 0.101. The molecule has 0 spiro atoms. The highest BCUT2D eigenvalue weighted by Crippen LogP contribution is 2.12. The first kappa shape index (κ1) is 11.4. The van der Waals surface area contributed by atoms with Gasteiger partial charge < -0.3 is 9.47 Å². The normalized spacial score (nSPS) is 23.7. The summed E-state index contributed by atoms with van der Waals surface area (Å²) >= 11 is 2.94. The van der Waals surface area contributed by atoms with Crippen LogP contribution in [0.2, 0.25) is 0 Å². The van der Waals surface area contributed by atoms with Crippen molar-refractivity contribution in [2.75, 3.05) is 19.0 Å². The third kappa shape index (κ3) is 5.65. The van der Waals surface area contributed by atoms with Gasteiger partial charge in [0.25, 0.3) is 0 Å². The van der Waals surface area contributed by atoms with Crippen LogP contribution in [0.1, 0.15) is 26.2 Å². The van der Waals surface area contributed by atoms with Crippen LogP contribution in [0.25, 0.3) is 0 Å². The smallest absolute Gasteiger partial charge is 0.157 e. The van der Waals surface area contributed by atoms with Crippen molar-refractivity contribution in [1.29, 1.82) is 0 Å². The van der Waals surface area contributed by atoms with Gasteiger partial charge in [-0.15, -0.1) is 0 Å². The summed E-state index contributed by atoms with van der Waals surface area (Å²) in [5.74, 6) is 1.81. The first-order valence-corrected chi connectivity index (χ1v) is 5.63. The number of rotatable bonds is 2. The van der Waals surface area contributed by atoms with Gasteiger partial charge in [-0.25, -0.2) is 0 Å². The van der Waals surface area contributed by atoms with E-state index in [0.717, 1.165) is 19.6 Å². The summed E-state index contributed by atoms with van der Waals surface area (Å²) in [6.45, 7) is 3.65. The molecule has 11 heavy (non-hydrogen) atoms. The Hall–Kier alpha value is 0.400. The van der Waals surface area contributed by atoms with Crippen LogP contribution in [0.3, 0.4) is 0 Å². The molecule has 2 nitrogen and oxygen atoms in total. The lowest BCUT2D eigenvalue weighted by Gasteiger charge is -2.21. The molecule has 1 aliphatic heterocycles. The van der Waals surface area contributed by atoms with Crippen LogP contribution in [-0.2, 0) is 9.47 Å². The molecule has 0 radical (unpaired) electrons. The maximum atomic E-state index is 5.30. The average molecular weight is 225 g/mol. The molecule has 68 valence electrons. The SMILES string of the molecule is CBr.CCOC1CCCCO1. The fourth-order valence-electron chi connectivity index (χ4n) is 1.03. The zero-order valence-corrected chi connectivity index (χ0v) is 8.89. The summed E-state index contributed by atoms with van der Waals surface area (Å²) in [5, 5.41) is 0. The van der Waals surface area contributed by atoms with E-state index >= 15 is 0 Å². The number of hydrogen-bond donors (Lipinski definition) is 0. The monoisotopic (exact) mass is 224 g/mol. The zero-order chi connectivity index (χ0) is 8.53. The van der Waals surface area contributed by atoms with Gasteiger partial charge in [0.15, 0.2) is 6.29 Å². The maximum Gasteiger partial charge on any atom is 0.157 e. The van der Waals surface area contributed by atoms with Crippen molar-refractivity contribution in [2.45, 2.75) is 32.5 Å². The van der Waals surface area contributed by atoms with Gasteiger partial charge in [0, 0.05) is 13.2 Å². The zero-order valence-electron chi connectivity index (χ0n) is 7.31. The largest absolute Gasteiger partial charge is 0.353 e. The van der Waals surface area contributed by atoms with Gasteiger partial charge in [-0.1, -0.05) is 15.9 Å². The second kappa shape index (κ2) is 8.50. The number of alkyl halides is 1. The predicted octanol–water partition coefficient (Wildman–Crippen LogP) is 2.56. The molecule has 0 amide bonds. The summed E-state index contributed by atoms with van der Waals surface area (Å²) in [4.78, 5) is 0. The Balaban J connectivity index is 0.000000461. The molecule has 0 saturated carbocycles. The van der Waals surface area contributed by atoms with E-state index in [9.17, 15) is 0 Å². The molecule has 1 aliphatic rings. The van der Waals surface area contributed by atoms with Crippen molar-refractivity contribution < 1.29 is 9.47 Å². The molecule has 0 aromatic rings. The van der Waals surface area contributed by atoms with E-state index in [1.165, 1.54) is 12.8 Å². The fraction of sp³-hybridized carbons (Fsp3) is 1.00. The molecular formula is C8H17BrO2. The van der Waals surface area contributed by atoms with E-state index in [1.54, 1.807) is 0 Å². The minimum atomic E-state index is 0.101. The Morgan fingerprint density at radius 1 is 1.45 bits per heavy atom. The van der Waals surface area contributed by atoms with Gasteiger partial charge in [-0.3, -0.25) is 0 Å². The van der Waals surface area contributed by atoms with Crippen LogP contribution in [0, 0.1) is 0 Å². The first-order chi connectivity index (χ1) is 5.43. The molecule has 1 rings (SSSR count). The molecular weight excluding hydrogens is 208 g/mol. The number of hydrogen-bond acceptors (Lipinski definition) is 2. The molecule has 1 atom stereocenters. The molecule has 0 aromatic carbocycles. The molecule has 1 unspecified atom stereocenters. The van der Waals surface area contributed by atoms with E-state index < -0.39 is 0 Å². The van der Waals surface area contributed by atoms with Crippen LogP contribution in [0.5, 0.6) is 0 Å². The Labute approximate surface area is 77.4 Å². The van der Waals surface area contributed by atoms with Crippen LogP contribution >= 0.6 is 15.9 Å². The lowest BCUT2D eigenvalue weighted by molar-refractivity contribution is -0.159. The van der Waals surface area contributed by atoms with Crippen LogP contribution in [0.4, 0.5) is 0 Å². The number of halogens is 1. The van der Waals surface area contributed by atoms with E-state index in [4.69, 9.17) is 9.47 Å². The van der Waals surface area contributed by atoms with Gasteiger partial charge in [0.05, 0.1) is 0 Å². The Morgan fingerprint density at radius 3 is 2.64 bits per heavy atom. The first-order valence-electron chi connectivity index (χ1n) is 4.04. The lowest BCUT2D eigenvalue weighted by atomic mass is 10.2. The predicted molar refractivity (Wildman–Crippen MR) is 50.1 cm³/mol. The molecule has 0 N–H and O–H groups in total. The summed E-state index contributed by atoms with van der Waals surface area (Å²) in [6, 6.07) is 0. The van der Waals surface area contributed by atoms with Crippen LogP contribution in [0.15, 0.2) is 0 Å². The molecule has 1 heterocycles.